The summed E-state index contributed by atoms with van der Waals surface area (Å²) in [7, 11) is 10.7. The van der Waals surface area contributed by atoms with Crippen LogP contribution in [0.3, 0.4) is 0 Å². The van der Waals surface area contributed by atoms with Crippen LogP contribution in [-0.2, 0) is 19.5 Å². The summed E-state index contributed by atoms with van der Waals surface area (Å²) >= 11 is 10.1. The molecule has 9 heteroatoms. The van der Waals surface area contributed by atoms with Gasteiger partial charge < -0.3 is 9.80 Å². The van der Waals surface area contributed by atoms with Gasteiger partial charge in [0.2, 0.25) is 0 Å². The minimum Gasteiger partial charge on any atom is -0.363 e. The molecular weight excluding hydrogens is 358 g/mol. The Kier molecular flexibility index (Phi) is 23.7. The first-order valence-corrected chi connectivity index (χ1v) is 6.19. The van der Waals surface area contributed by atoms with Crippen molar-refractivity contribution in [1.82, 2.24) is 9.80 Å². The largest absolute Gasteiger partial charge is 0.363 e. The molecule has 0 aliphatic heterocycles. The van der Waals surface area contributed by atoms with Crippen molar-refractivity contribution in [2.75, 3.05) is 28.2 Å². The van der Waals surface area contributed by atoms with Crippen molar-refractivity contribution in [1.29, 1.82) is 0 Å². The Hall–Kier alpha value is 1.80. The van der Waals surface area contributed by atoms with Crippen molar-refractivity contribution in [3.63, 3.8) is 0 Å². The number of hydrogen-bond acceptors (Lipinski definition) is 4. The summed E-state index contributed by atoms with van der Waals surface area (Å²) in [6.45, 7) is 0. The fourth-order valence-corrected chi connectivity index (χ4v) is 2.60. The molecule has 0 spiro atoms. The summed E-state index contributed by atoms with van der Waals surface area (Å²) in [5.74, 6) is 0. The molecule has 0 aromatic carbocycles. The molecule has 0 N–H and O–H groups in total. The Morgan fingerprint density at radius 2 is 1.00 bits per heavy atom. The molecule has 0 amide bonds. The standard InChI is InChI=1S/C6H12N2S4.2H2S.Zn/c1-7(2)5(9)11-12-6(10)8(3)4;;;/h1-4H3;2*1H2;. The maximum atomic E-state index is 5.07. The molecule has 0 aliphatic rings. The maximum absolute atomic E-state index is 5.07. The van der Waals surface area contributed by atoms with Gasteiger partial charge in [-0.2, -0.15) is 27.0 Å². The average molecular weight is 374 g/mol. The van der Waals surface area contributed by atoms with E-state index in [0.717, 1.165) is 8.64 Å². The van der Waals surface area contributed by atoms with Crippen LogP contribution in [0.1, 0.15) is 0 Å². The predicted molar refractivity (Wildman–Crippen MR) is 88.5 cm³/mol. The molecule has 0 rings (SSSR count). The number of nitrogens with zero attached hydrogens (tertiary/aromatic N) is 2. The van der Waals surface area contributed by atoms with E-state index in [9.17, 15) is 0 Å². The third kappa shape index (κ3) is 13.7. The van der Waals surface area contributed by atoms with Gasteiger partial charge in [0.25, 0.3) is 0 Å². The van der Waals surface area contributed by atoms with E-state index in [1.165, 1.54) is 21.6 Å². The van der Waals surface area contributed by atoms with Gasteiger partial charge in [0.05, 0.1) is 0 Å². The Labute approximate surface area is 138 Å². The van der Waals surface area contributed by atoms with Crippen LogP contribution in [-0.4, -0.2) is 46.6 Å². The summed E-state index contributed by atoms with van der Waals surface area (Å²) in [5, 5.41) is 0. The molecule has 0 atom stereocenters. The Morgan fingerprint density at radius 1 is 0.800 bits per heavy atom. The van der Waals surface area contributed by atoms with E-state index < -0.39 is 0 Å². The minimum atomic E-state index is 0. The quantitative estimate of drug-likeness (QED) is 0.362. The van der Waals surface area contributed by atoms with Crippen LogP contribution in [0.5, 0.6) is 0 Å². The zero-order valence-corrected chi connectivity index (χ0v) is 17.5. The molecule has 0 heterocycles. The van der Waals surface area contributed by atoms with Crippen LogP contribution in [0.15, 0.2) is 0 Å². The normalized spacial score (nSPS) is 7.47. The molecule has 15 heavy (non-hydrogen) atoms. The van der Waals surface area contributed by atoms with Crippen molar-refractivity contribution in [2.45, 2.75) is 0 Å². The zero-order valence-electron chi connectivity index (χ0n) is 9.23. The van der Waals surface area contributed by atoms with Gasteiger partial charge in [-0.05, 0) is 21.6 Å². The summed E-state index contributed by atoms with van der Waals surface area (Å²) in [6.07, 6.45) is 0. The monoisotopic (exact) mass is 372 g/mol. The second kappa shape index (κ2) is 13.9. The molecule has 88 valence electrons. The molecule has 0 aliphatic carbocycles. The molecule has 0 saturated carbocycles. The van der Waals surface area contributed by atoms with Gasteiger partial charge in [-0.25, -0.2) is 0 Å². The van der Waals surface area contributed by atoms with E-state index in [1.54, 1.807) is 0 Å². The van der Waals surface area contributed by atoms with Gasteiger partial charge in [0.1, 0.15) is 8.64 Å². The number of thiocarbonyl (C=S) groups is 2. The molecule has 0 saturated heterocycles. The van der Waals surface area contributed by atoms with Crippen molar-refractivity contribution >= 4 is 81.7 Å². The van der Waals surface area contributed by atoms with Crippen molar-refractivity contribution in [3.05, 3.63) is 0 Å². The van der Waals surface area contributed by atoms with Gasteiger partial charge in [0.15, 0.2) is 0 Å². The topological polar surface area (TPSA) is 6.48 Å². The van der Waals surface area contributed by atoms with Crippen LogP contribution < -0.4 is 0 Å². The number of rotatable bonds is 0. The van der Waals surface area contributed by atoms with Crippen LogP contribution in [0.25, 0.3) is 0 Å². The number of hydrogen-bond donors (Lipinski definition) is 0. The Morgan fingerprint density at radius 3 is 1.13 bits per heavy atom. The molecule has 0 radical (unpaired) electrons. The molecular formula is C6H16N2S6Zn. The smallest absolute Gasteiger partial charge is 0.146 e. The van der Waals surface area contributed by atoms with E-state index in [0.29, 0.717) is 0 Å². The second-order valence-corrected chi connectivity index (χ2v) is 5.88. The van der Waals surface area contributed by atoms with E-state index in [1.807, 2.05) is 38.0 Å². The van der Waals surface area contributed by atoms with E-state index in [-0.39, 0.29) is 46.5 Å². The molecule has 2 nitrogen and oxygen atoms in total. The predicted octanol–water partition coefficient (Wildman–Crippen LogP) is 2.28. The molecule has 0 bridgehead atoms. The van der Waals surface area contributed by atoms with Crippen LogP contribution >= 0.6 is 73.0 Å². The second-order valence-electron chi connectivity index (χ2n) is 2.49. The van der Waals surface area contributed by atoms with Crippen molar-refractivity contribution < 1.29 is 19.5 Å². The zero-order chi connectivity index (χ0) is 9.72. The molecule has 0 unspecified atom stereocenters. The first kappa shape index (κ1) is 25.6. The summed E-state index contributed by atoms with van der Waals surface area (Å²) < 4.78 is 1.67. The van der Waals surface area contributed by atoms with Gasteiger partial charge in [-0.3, -0.25) is 0 Å². The first-order chi connectivity index (χ1) is 5.45. The van der Waals surface area contributed by atoms with Gasteiger partial charge in [0, 0.05) is 47.7 Å². The van der Waals surface area contributed by atoms with Crippen molar-refractivity contribution in [2.24, 2.45) is 0 Å². The Balaban J connectivity index is -0.000000202. The van der Waals surface area contributed by atoms with Crippen molar-refractivity contribution in [3.8, 4) is 0 Å². The van der Waals surface area contributed by atoms with Gasteiger partial charge in [-0.15, -0.1) is 0 Å². The molecule has 0 aromatic rings. The maximum Gasteiger partial charge on any atom is 0.146 e. The minimum absolute atomic E-state index is 0. The molecule has 0 fully saturated rings. The SMILES string of the molecule is CN(C)C(=S)SSC(=S)N(C)C.S.S.[Zn]. The van der Waals surface area contributed by atoms with Gasteiger partial charge >= 0.3 is 0 Å². The summed E-state index contributed by atoms with van der Waals surface area (Å²) in [5.41, 5.74) is 0. The summed E-state index contributed by atoms with van der Waals surface area (Å²) in [6, 6.07) is 0. The summed E-state index contributed by atoms with van der Waals surface area (Å²) in [4.78, 5) is 3.79. The fourth-order valence-electron chi connectivity index (χ4n) is 0.220. The van der Waals surface area contributed by atoms with E-state index >= 15 is 0 Å². The van der Waals surface area contributed by atoms with E-state index in [2.05, 4.69) is 0 Å². The first-order valence-electron chi connectivity index (χ1n) is 3.22. The third-order valence-electron chi connectivity index (χ3n) is 0.915. The third-order valence-corrected chi connectivity index (χ3v) is 5.07. The fraction of sp³-hybridized carbons (Fsp3) is 0.667. The van der Waals surface area contributed by atoms with Crippen LogP contribution in [0, 0.1) is 0 Å². The van der Waals surface area contributed by atoms with E-state index in [4.69, 9.17) is 24.4 Å². The van der Waals surface area contributed by atoms with Gasteiger partial charge in [-0.1, -0.05) is 24.4 Å². The van der Waals surface area contributed by atoms with Crippen LogP contribution in [0.2, 0.25) is 0 Å². The van der Waals surface area contributed by atoms with Crippen LogP contribution in [0.4, 0.5) is 0 Å². The average Bonchev–Trinajstić information content (AvgIpc) is 1.98. The Bertz CT molecular complexity index is 166. The molecule has 0 aromatic heterocycles.